The van der Waals surface area contributed by atoms with Gasteiger partial charge in [0.05, 0.1) is 16.7 Å². The molecule has 0 saturated carbocycles. The van der Waals surface area contributed by atoms with Crippen LogP contribution in [0.2, 0.25) is 0 Å². The van der Waals surface area contributed by atoms with Crippen molar-refractivity contribution >= 4 is 54.5 Å². The number of rotatable bonds is 2. The van der Waals surface area contributed by atoms with Crippen molar-refractivity contribution in [1.29, 1.82) is 0 Å². The van der Waals surface area contributed by atoms with Crippen molar-refractivity contribution in [3.05, 3.63) is 127 Å². The normalized spacial score (nSPS) is 11.9. The Morgan fingerprint density at radius 3 is 1.86 bits per heavy atom. The molecule has 0 aliphatic carbocycles. The van der Waals surface area contributed by atoms with E-state index in [0.717, 1.165) is 27.6 Å². The number of nitrogens with zero attached hydrogens (tertiary/aromatic N) is 1. The first-order chi connectivity index (χ1) is 17.8. The molecule has 0 unspecified atom stereocenters. The highest BCUT2D eigenvalue weighted by molar-refractivity contribution is 6.13. The molecule has 0 spiro atoms. The molecule has 6 aromatic carbocycles. The van der Waals surface area contributed by atoms with Gasteiger partial charge in [-0.2, -0.15) is 0 Å². The number of fused-ring (bicyclic) bond motifs is 7. The van der Waals surface area contributed by atoms with Crippen molar-refractivity contribution in [3.8, 4) is 16.8 Å². The van der Waals surface area contributed by atoms with Gasteiger partial charge in [-0.3, -0.25) is 0 Å². The van der Waals surface area contributed by atoms with Crippen molar-refractivity contribution in [3.63, 3.8) is 0 Å². The zero-order valence-corrected chi connectivity index (χ0v) is 19.5. The maximum atomic E-state index is 6.55. The fourth-order valence-corrected chi connectivity index (χ4v) is 5.69. The topological polar surface area (TPSA) is 18.1 Å². The number of aromatic nitrogens is 1. The number of para-hydroxylation sites is 3. The van der Waals surface area contributed by atoms with Gasteiger partial charge in [0.15, 0.2) is 5.58 Å². The van der Waals surface area contributed by atoms with E-state index in [2.05, 4.69) is 126 Å². The Morgan fingerprint density at radius 2 is 1.08 bits per heavy atom. The molecule has 0 radical (unpaired) electrons. The van der Waals surface area contributed by atoms with E-state index in [1.807, 2.05) is 6.07 Å². The van der Waals surface area contributed by atoms with E-state index in [0.29, 0.717) is 0 Å². The molecule has 36 heavy (non-hydrogen) atoms. The zero-order valence-electron chi connectivity index (χ0n) is 19.5. The summed E-state index contributed by atoms with van der Waals surface area (Å²) < 4.78 is 8.91. The van der Waals surface area contributed by atoms with Crippen LogP contribution in [0.5, 0.6) is 0 Å². The predicted molar refractivity (Wildman–Crippen MR) is 151 cm³/mol. The molecule has 8 aromatic rings. The van der Waals surface area contributed by atoms with Crippen LogP contribution in [0.4, 0.5) is 0 Å². The minimum atomic E-state index is 0.908. The van der Waals surface area contributed by atoms with Gasteiger partial charge >= 0.3 is 0 Å². The van der Waals surface area contributed by atoms with Crippen molar-refractivity contribution in [2.24, 2.45) is 0 Å². The molecule has 0 saturated heterocycles. The second-order valence-corrected chi connectivity index (χ2v) is 9.40. The first-order valence-corrected chi connectivity index (χ1v) is 12.3. The van der Waals surface area contributed by atoms with Gasteiger partial charge in [-0.1, -0.05) is 91.0 Å². The highest BCUT2D eigenvalue weighted by Gasteiger charge is 2.19. The van der Waals surface area contributed by atoms with Gasteiger partial charge < -0.3 is 8.98 Å². The molecule has 0 amide bonds. The quantitative estimate of drug-likeness (QED) is 0.252. The van der Waals surface area contributed by atoms with Gasteiger partial charge in [0.2, 0.25) is 0 Å². The van der Waals surface area contributed by atoms with E-state index in [9.17, 15) is 0 Å². The second-order valence-electron chi connectivity index (χ2n) is 9.40. The van der Waals surface area contributed by atoms with Crippen LogP contribution in [0.3, 0.4) is 0 Å². The number of furan rings is 1. The largest absolute Gasteiger partial charge is 0.454 e. The Morgan fingerprint density at radius 1 is 0.444 bits per heavy atom. The summed E-state index contributed by atoms with van der Waals surface area (Å²) in [6.07, 6.45) is 0. The fraction of sp³-hybridized carbons (Fsp3) is 0. The molecule has 0 N–H and O–H groups in total. The van der Waals surface area contributed by atoms with E-state index in [4.69, 9.17) is 4.42 Å². The van der Waals surface area contributed by atoms with Crippen LogP contribution in [0.15, 0.2) is 132 Å². The van der Waals surface area contributed by atoms with E-state index < -0.39 is 0 Å². The Kier molecular flexibility index (Phi) is 3.97. The molecule has 0 fully saturated rings. The third-order valence-corrected chi connectivity index (χ3v) is 7.36. The van der Waals surface area contributed by atoms with Gasteiger partial charge in [0, 0.05) is 21.5 Å². The van der Waals surface area contributed by atoms with Crippen LogP contribution < -0.4 is 0 Å². The van der Waals surface area contributed by atoms with Crippen molar-refractivity contribution in [2.45, 2.75) is 0 Å². The summed E-state index contributed by atoms with van der Waals surface area (Å²) in [5.41, 5.74) is 7.61. The predicted octanol–water partition coefficient (Wildman–Crippen LogP) is 9.50. The Hall–Kier alpha value is -4.82. The first kappa shape index (κ1) is 19.5. The number of hydrogen-bond acceptors (Lipinski definition) is 1. The summed E-state index contributed by atoms with van der Waals surface area (Å²) >= 11 is 0. The van der Waals surface area contributed by atoms with Crippen LogP contribution in [-0.4, -0.2) is 4.57 Å². The van der Waals surface area contributed by atoms with Crippen LogP contribution in [0.25, 0.3) is 71.3 Å². The summed E-state index contributed by atoms with van der Waals surface area (Å²) in [6, 6.07) is 45.4. The lowest BCUT2D eigenvalue weighted by atomic mass is 9.98. The molecule has 0 aliphatic rings. The average molecular weight is 460 g/mol. The lowest BCUT2D eigenvalue weighted by Crippen LogP contribution is -1.95. The molecule has 8 rings (SSSR count). The molecule has 0 bridgehead atoms. The second kappa shape index (κ2) is 7.34. The zero-order chi connectivity index (χ0) is 23.6. The molecular formula is C34H21NO. The van der Waals surface area contributed by atoms with Gasteiger partial charge in [-0.15, -0.1) is 0 Å². The summed E-state index contributed by atoms with van der Waals surface area (Å²) in [4.78, 5) is 0. The molecule has 0 aliphatic heterocycles. The van der Waals surface area contributed by atoms with Crippen LogP contribution in [-0.2, 0) is 0 Å². The number of benzene rings is 6. The molecule has 0 atom stereocenters. The SMILES string of the molecule is c1ccc2cc(-c3cc(-n4c5ccccc5c5ccccc54)c4oc5ccccc5c4c3)ccc2c1. The molecule has 2 heterocycles. The molecule has 2 nitrogen and oxygen atoms in total. The van der Waals surface area contributed by atoms with Gasteiger partial charge in [-0.05, 0) is 58.3 Å². The number of hydrogen-bond donors (Lipinski definition) is 0. The van der Waals surface area contributed by atoms with Gasteiger partial charge in [0.1, 0.15) is 5.58 Å². The summed E-state index contributed by atoms with van der Waals surface area (Å²) in [5, 5.41) is 7.25. The van der Waals surface area contributed by atoms with Crippen molar-refractivity contribution < 1.29 is 4.42 Å². The molecule has 168 valence electrons. The maximum Gasteiger partial charge on any atom is 0.159 e. The highest BCUT2D eigenvalue weighted by atomic mass is 16.3. The van der Waals surface area contributed by atoms with Crippen molar-refractivity contribution in [1.82, 2.24) is 4.57 Å². The summed E-state index contributed by atoms with van der Waals surface area (Å²) in [5.74, 6) is 0. The monoisotopic (exact) mass is 459 g/mol. The molecule has 2 aromatic heterocycles. The fourth-order valence-electron chi connectivity index (χ4n) is 5.69. The minimum absolute atomic E-state index is 0.908. The molecule has 2 heteroatoms. The van der Waals surface area contributed by atoms with E-state index in [1.54, 1.807) is 0 Å². The van der Waals surface area contributed by atoms with Crippen LogP contribution in [0, 0.1) is 0 Å². The maximum absolute atomic E-state index is 6.55. The average Bonchev–Trinajstić information content (AvgIpc) is 3.48. The van der Waals surface area contributed by atoms with E-state index in [-0.39, 0.29) is 0 Å². The third-order valence-electron chi connectivity index (χ3n) is 7.36. The van der Waals surface area contributed by atoms with Crippen LogP contribution in [0.1, 0.15) is 0 Å². The first-order valence-electron chi connectivity index (χ1n) is 12.3. The van der Waals surface area contributed by atoms with E-state index >= 15 is 0 Å². The summed E-state index contributed by atoms with van der Waals surface area (Å²) in [7, 11) is 0. The Bertz CT molecular complexity index is 2050. The standard InChI is InChI=1S/C34H21NO/c1-2-10-23-19-24(18-17-22(23)9-1)25-20-29-28-13-5-8-16-33(28)36-34(29)32(21-25)35-30-14-6-3-11-26(30)27-12-4-7-15-31(27)35/h1-21H. The summed E-state index contributed by atoms with van der Waals surface area (Å²) in [6.45, 7) is 0. The Balaban J connectivity index is 1.53. The third kappa shape index (κ3) is 2.73. The smallest absolute Gasteiger partial charge is 0.159 e. The van der Waals surface area contributed by atoms with Crippen LogP contribution >= 0.6 is 0 Å². The molecular weight excluding hydrogens is 438 g/mol. The van der Waals surface area contributed by atoms with Crippen molar-refractivity contribution in [2.75, 3.05) is 0 Å². The lowest BCUT2D eigenvalue weighted by molar-refractivity contribution is 0.666. The van der Waals surface area contributed by atoms with Gasteiger partial charge in [0.25, 0.3) is 0 Å². The Labute approximate surface area is 207 Å². The highest BCUT2D eigenvalue weighted by Crippen LogP contribution is 2.40. The van der Waals surface area contributed by atoms with E-state index in [1.165, 1.54) is 43.7 Å². The van der Waals surface area contributed by atoms with Gasteiger partial charge in [-0.25, -0.2) is 0 Å². The lowest BCUT2D eigenvalue weighted by Gasteiger charge is -2.12. The minimum Gasteiger partial charge on any atom is -0.454 e.